The number of nitrogens with zero attached hydrogens (tertiary/aromatic N) is 1. The topological polar surface area (TPSA) is 75.4 Å². The molecule has 5 nitrogen and oxygen atoms in total. The Morgan fingerprint density at radius 2 is 1.89 bits per heavy atom. The predicted octanol–water partition coefficient (Wildman–Crippen LogP) is 1.71. The summed E-state index contributed by atoms with van der Waals surface area (Å²) in [7, 11) is -3.56. The Balaban J connectivity index is 2.21. The molecular weight excluding hydrogens is 318 g/mol. The molecule has 0 atom stereocenters. The van der Waals surface area contributed by atoms with Crippen molar-refractivity contribution in [1.29, 1.82) is 0 Å². The van der Waals surface area contributed by atoms with Crippen molar-refractivity contribution in [3.05, 3.63) is 22.7 Å². The van der Waals surface area contributed by atoms with E-state index in [0.29, 0.717) is 10.2 Å². The number of hydrogen-bond donors (Lipinski definition) is 2. The summed E-state index contributed by atoms with van der Waals surface area (Å²) in [6.07, 6.45) is 3.18. The largest absolute Gasteiger partial charge is 0.399 e. The van der Waals surface area contributed by atoms with Gasteiger partial charge in [-0.25, -0.2) is 13.4 Å². The highest BCUT2D eigenvalue weighted by Gasteiger charge is 2.22. The molecule has 0 aliphatic carbocycles. The van der Waals surface area contributed by atoms with Gasteiger partial charge in [-0.2, -0.15) is 0 Å². The first-order valence-electron chi connectivity index (χ1n) is 5.81. The van der Waals surface area contributed by atoms with Gasteiger partial charge in [-0.15, -0.1) is 4.83 Å². The summed E-state index contributed by atoms with van der Waals surface area (Å²) in [5.74, 6) is 0. The fourth-order valence-electron chi connectivity index (χ4n) is 1.93. The zero-order chi connectivity index (χ0) is 13.2. The maximum atomic E-state index is 12.2. The zero-order valence-electron chi connectivity index (χ0n) is 9.89. The number of rotatable bonds is 3. The second kappa shape index (κ2) is 5.56. The highest BCUT2D eigenvalue weighted by Crippen LogP contribution is 2.24. The lowest BCUT2D eigenvalue weighted by Crippen LogP contribution is -2.44. The molecule has 2 rings (SSSR count). The summed E-state index contributed by atoms with van der Waals surface area (Å²) in [5.41, 5.74) is 6.06. The summed E-state index contributed by atoms with van der Waals surface area (Å²) in [6, 6.07) is 4.75. The molecule has 100 valence electrons. The minimum absolute atomic E-state index is 0.174. The van der Waals surface area contributed by atoms with Crippen LogP contribution in [0.1, 0.15) is 19.3 Å². The third kappa shape index (κ3) is 3.23. The molecule has 18 heavy (non-hydrogen) atoms. The minimum Gasteiger partial charge on any atom is -0.399 e. The number of hydrogen-bond acceptors (Lipinski definition) is 4. The number of nitrogen functional groups attached to an aromatic ring is 1. The summed E-state index contributed by atoms with van der Waals surface area (Å²) >= 11 is 3.24. The van der Waals surface area contributed by atoms with Gasteiger partial charge in [0.25, 0.3) is 10.0 Å². The van der Waals surface area contributed by atoms with E-state index >= 15 is 0 Å². The Hall–Kier alpha value is -0.630. The third-order valence-electron chi connectivity index (χ3n) is 2.85. The van der Waals surface area contributed by atoms with Crippen molar-refractivity contribution in [2.45, 2.75) is 24.2 Å². The fraction of sp³-hybridized carbons (Fsp3) is 0.455. The normalized spacial score (nSPS) is 17.8. The van der Waals surface area contributed by atoms with E-state index in [1.54, 1.807) is 17.1 Å². The van der Waals surface area contributed by atoms with E-state index < -0.39 is 10.0 Å². The van der Waals surface area contributed by atoms with Crippen LogP contribution in [-0.4, -0.2) is 26.5 Å². The van der Waals surface area contributed by atoms with Crippen molar-refractivity contribution < 1.29 is 8.42 Å². The number of halogens is 1. The molecule has 1 heterocycles. The summed E-state index contributed by atoms with van der Waals surface area (Å²) in [5, 5.41) is 1.74. The second-order valence-corrected chi connectivity index (χ2v) is 6.82. The van der Waals surface area contributed by atoms with Gasteiger partial charge in [0.05, 0.1) is 4.90 Å². The highest BCUT2D eigenvalue weighted by atomic mass is 79.9. The van der Waals surface area contributed by atoms with Gasteiger partial charge in [0.15, 0.2) is 0 Å². The first-order chi connectivity index (χ1) is 8.49. The zero-order valence-corrected chi connectivity index (χ0v) is 12.3. The Morgan fingerprint density at radius 1 is 1.22 bits per heavy atom. The van der Waals surface area contributed by atoms with E-state index in [2.05, 4.69) is 20.8 Å². The predicted molar refractivity (Wildman–Crippen MR) is 74.3 cm³/mol. The molecular formula is C11H16BrN3O2S. The number of hydrazine groups is 1. The van der Waals surface area contributed by atoms with Gasteiger partial charge in [0.1, 0.15) is 0 Å². The molecule has 0 aromatic heterocycles. The molecule has 1 aromatic carbocycles. The van der Waals surface area contributed by atoms with E-state index in [1.165, 1.54) is 6.07 Å². The average molecular weight is 334 g/mol. The SMILES string of the molecule is Nc1ccc(Br)c(S(=O)(=O)NN2CCCCC2)c1. The molecule has 1 aliphatic rings. The van der Waals surface area contributed by atoms with E-state index in [0.717, 1.165) is 32.4 Å². The van der Waals surface area contributed by atoms with Gasteiger partial charge in [-0.05, 0) is 47.0 Å². The van der Waals surface area contributed by atoms with Crippen LogP contribution in [0.25, 0.3) is 0 Å². The molecule has 0 amide bonds. The van der Waals surface area contributed by atoms with Crippen LogP contribution < -0.4 is 10.6 Å². The van der Waals surface area contributed by atoms with Gasteiger partial charge in [0.2, 0.25) is 0 Å². The molecule has 0 unspecified atom stereocenters. The number of anilines is 1. The summed E-state index contributed by atoms with van der Waals surface area (Å²) < 4.78 is 25.0. The van der Waals surface area contributed by atoms with Crippen molar-refractivity contribution in [1.82, 2.24) is 9.84 Å². The molecule has 0 saturated carbocycles. The lowest BCUT2D eigenvalue weighted by Gasteiger charge is -2.26. The Bertz CT molecular complexity index is 527. The molecule has 3 N–H and O–H groups in total. The van der Waals surface area contributed by atoms with Crippen LogP contribution >= 0.6 is 15.9 Å². The number of nitrogens with two attached hydrogens (primary N) is 1. The lowest BCUT2D eigenvalue weighted by molar-refractivity contribution is 0.200. The quantitative estimate of drug-likeness (QED) is 0.825. The second-order valence-electron chi connectivity index (χ2n) is 4.33. The summed E-state index contributed by atoms with van der Waals surface area (Å²) in [6.45, 7) is 1.50. The molecule has 0 spiro atoms. The van der Waals surface area contributed by atoms with E-state index in [9.17, 15) is 8.42 Å². The monoisotopic (exact) mass is 333 g/mol. The van der Waals surface area contributed by atoms with Gasteiger partial charge in [0, 0.05) is 23.2 Å². The van der Waals surface area contributed by atoms with Crippen LogP contribution in [0.3, 0.4) is 0 Å². The molecule has 1 saturated heterocycles. The van der Waals surface area contributed by atoms with Crippen LogP contribution in [0.2, 0.25) is 0 Å². The van der Waals surface area contributed by atoms with E-state index in [1.807, 2.05) is 0 Å². The van der Waals surface area contributed by atoms with Crippen LogP contribution in [0.15, 0.2) is 27.6 Å². The molecule has 1 fully saturated rings. The maximum absolute atomic E-state index is 12.2. The number of piperidine rings is 1. The molecule has 1 aliphatic heterocycles. The molecule has 0 radical (unpaired) electrons. The Kier molecular flexibility index (Phi) is 4.26. The highest BCUT2D eigenvalue weighted by molar-refractivity contribution is 9.10. The van der Waals surface area contributed by atoms with Crippen LogP contribution in [-0.2, 0) is 10.0 Å². The van der Waals surface area contributed by atoms with Crippen molar-refractivity contribution in [3.63, 3.8) is 0 Å². The van der Waals surface area contributed by atoms with Gasteiger partial charge in [-0.1, -0.05) is 6.42 Å². The fourth-order valence-corrected chi connectivity index (χ4v) is 4.05. The lowest BCUT2D eigenvalue weighted by atomic mass is 10.2. The minimum atomic E-state index is -3.56. The Labute approximate surface area is 115 Å². The first-order valence-corrected chi connectivity index (χ1v) is 8.09. The van der Waals surface area contributed by atoms with E-state index in [-0.39, 0.29) is 4.90 Å². The number of nitrogens with one attached hydrogen (secondary N) is 1. The number of sulfonamides is 1. The van der Waals surface area contributed by atoms with Gasteiger partial charge < -0.3 is 5.73 Å². The van der Waals surface area contributed by atoms with Crippen molar-refractivity contribution in [2.24, 2.45) is 0 Å². The smallest absolute Gasteiger partial charge is 0.254 e. The van der Waals surface area contributed by atoms with E-state index in [4.69, 9.17) is 5.73 Å². The van der Waals surface area contributed by atoms with Crippen LogP contribution in [0.5, 0.6) is 0 Å². The third-order valence-corrected chi connectivity index (χ3v) is 5.22. The van der Waals surface area contributed by atoms with Crippen molar-refractivity contribution in [3.8, 4) is 0 Å². The standard InChI is InChI=1S/C11H16BrN3O2S/c12-10-5-4-9(13)8-11(10)18(16,17)14-15-6-2-1-3-7-15/h4-5,8,14H,1-3,6-7,13H2. The molecule has 1 aromatic rings. The summed E-state index contributed by atoms with van der Waals surface area (Å²) in [4.78, 5) is 2.77. The van der Waals surface area contributed by atoms with Crippen LogP contribution in [0, 0.1) is 0 Å². The average Bonchev–Trinajstić information content (AvgIpc) is 2.33. The number of benzene rings is 1. The van der Waals surface area contributed by atoms with Crippen molar-refractivity contribution in [2.75, 3.05) is 18.8 Å². The maximum Gasteiger partial charge on any atom is 0.254 e. The first kappa shape index (κ1) is 13.8. The molecule has 0 bridgehead atoms. The van der Waals surface area contributed by atoms with Gasteiger partial charge in [-0.3, -0.25) is 0 Å². The van der Waals surface area contributed by atoms with Gasteiger partial charge >= 0.3 is 0 Å². The van der Waals surface area contributed by atoms with Crippen molar-refractivity contribution >= 4 is 31.6 Å². The van der Waals surface area contributed by atoms with Crippen LogP contribution in [0.4, 0.5) is 5.69 Å². The molecule has 7 heteroatoms. The Morgan fingerprint density at radius 3 is 2.56 bits per heavy atom.